The molecule has 3 aliphatic heterocycles. The third-order valence-electron chi connectivity index (χ3n) is 5.93. The first-order valence-corrected chi connectivity index (χ1v) is 10.4. The number of carbonyl (C=O) groups is 1. The molecule has 3 aliphatic rings. The van der Waals surface area contributed by atoms with Gasteiger partial charge < -0.3 is 19.1 Å². The maximum atomic E-state index is 12.0. The molecule has 152 valence electrons. The predicted octanol–water partition coefficient (Wildman–Crippen LogP) is 3.16. The highest BCUT2D eigenvalue weighted by atomic mass is 16.6. The van der Waals surface area contributed by atoms with Gasteiger partial charge in [0, 0.05) is 24.8 Å². The van der Waals surface area contributed by atoms with Gasteiger partial charge in [-0.05, 0) is 54.8 Å². The van der Waals surface area contributed by atoms with Crippen molar-refractivity contribution in [2.45, 2.75) is 25.4 Å². The van der Waals surface area contributed by atoms with Crippen LogP contribution in [0.15, 0.2) is 42.5 Å². The summed E-state index contributed by atoms with van der Waals surface area (Å²) in [6, 6.07) is 15.1. The molecule has 2 aromatic rings. The van der Waals surface area contributed by atoms with E-state index < -0.39 is 0 Å². The Hall–Kier alpha value is -2.57. The number of ether oxygens (including phenoxy) is 3. The molecule has 0 spiro atoms. The molecule has 0 aliphatic carbocycles. The molecule has 29 heavy (non-hydrogen) atoms. The minimum Gasteiger partial charge on any atom is -0.486 e. The van der Waals surface area contributed by atoms with Gasteiger partial charge in [0.25, 0.3) is 5.91 Å². The van der Waals surface area contributed by atoms with Crippen LogP contribution in [0.1, 0.15) is 30.0 Å². The average molecular weight is 394 g/mol. The van der Waals surface area contributed by atoms with Crippen molar-refractivity contribution >= 4 is 11.6 Å². The van der Waals surface area contributed by atoms with E-state index in [1.807, 2.05) is 18.2 Å². The van der Waals surface area contributed by atoms with E-state index in [-0.39, 0.29) is 12.5 Å². The number of nitrogens with zero attached hydrogens (tertiary/aromatic N) is 2. The fourth-order valence-electron chi connectivity index (χ4n) is 4.47. The van der Waals surface area contributed by atoms with Crippen molar-refractivity contribution in [3.05, 3.63) is 53.6 Å². The lowest BCUT2D eigenvalue weighted by atomic mass is 10.0. The van der Waals surface area contributed by atoms with E-state index in [4.69, 9.17) is 14.2 Å². The van der Waals surface area contributed by atoms with Gasteiger partial charge in [0.15, 0.2) is 11.5 Å². The van der Waals surface area contributed by atoms with Gasteiger partial charge in [0.2, 0.25) is 0 Å². The van der Waals surface area contributed by atoms with E-state index in [9.17, 15) is 4.79 Å². The van der Waals surface area contributed by atoms with E-state index in [2.05, 4.69) is 29.2 Å². The normalized spacial score (nSPS) is 22.1. The molecule has 6 heteroatoms. The summed E-state index contributed by atoms with van der Waals surface area (Å²) in [7, 11) is 0. The quantitative estimate of drug-likeness (QED) is 0.797. The molecular formula is C23H26N2O4. The number of amides is 1. The minimum absolute atomic E-state index is 0.0298. The Balaban J connectivity index is 1.29. The topological polar surface area (TPSA) is 51.2 Å². The van der Waals surface area contributed by atoms with Crippen LogP contribution in [0.25, 0.3) is 0 Å². The fourth-order valence-corrected chi connectivity index (χ4v) is 4.47. The highest BCUT2D eigenvalue weighted by molar-refractivity contribution is 5.94. The monoisotopic (exact) mass is 394 g/mol. The predicted molar refractivity (Wildman–Crippen MR) is 109 cm³/mol. The Bertz CT molecular complexity index is 883. The summed E-state index contributed by atoms with van der Waals surface area (Å²) in [5, 5.41) is 0. The second-order valence-electron chi connectivity index (χ2n) is 7.80. The van der Waals surface area contributed by atoms with E-state index in [1.54, 1.807) is 4.90 Å². The maximum absolute atomic E-state index is 12.0. The first-order valence-electron chi connectivity index (χ1n) is 10.4. The van der Waals surface area contributed by atoms with E-state index in [0.29, 0.717) is 32.4 Å². The van der Waals surface area contributed by atoms with Crippen LogP contribution in [0.3, 0.4) is 0 Å². The molecule has 2 fully saturated rings. The minimum atomic E-state index is 0.0298. The molecule has 1 amide bonds. The van der Waals surface area contributed by atoms with Crippen molar-refractivity contribution in [1.82, 2.24) is 4.90 Å². The van der Waals surface area contributed by atoms with Gasteiger partial charge in [-0.3, -0.25) is 9.69 Å². The molecule has 5 rings (SSSR count). The maximum Gasteiger partial charge on any atom is 0.253 e. The molecule has 0 bridgehead atoms. The Morgan fingerprint density at radius 1 is 0.931 bits per heavy atom. The van der Waals surface area contributed by atoms with Crippen LogP contribution in [0, 0.1) is 0 Å². The van der Waals surface area contributed by atoms with Crippen LogP contribution < -0.4 is 14.4 Å². The zero-order valence-corrected chi connectivity index (χ0v) is 16.5. The van der Waals surface area contributed by atoms with Crippen molar-refractivity contribution in [1.29, 1.82) is 0 Å². The number of fused-ring (bicyclic) bond motifs is 1. The Morgan fingerprint density at radius 2 is 1.76 bits per heavy atom. The lowest BCUT2D eigenvalue weighted by Gasteiger charge is -2.28. The number of hydrogen-bond acceptors (Lipinski definition) is 5. The van der Waals surface area contributed by atoms with Crippen molar-refractivity contribution in [3.63, 3.8) is 0 Å². The second kappa shape index (κ2) is 8.05. The highest BCUT2D eigenvalue weighted by Crippen LogP contribution is 2.38. The van der Waals surface area contributed by atoms with Crippen LogP contribution in [-0.4, -0.2) is 50.3 Å². The van der Waals surface area contributed by atoms with Crippen LogP contribution in [0.5, 0.6) is 11.5 Å². The number of likely N-dealkylation sites (tertiary alicyclic amines) is 1. The smallest absolute Gasteiger partial charge is 0.253 e. The van der Waals surface area contributed by atoms with Gasteiger partial charge in [0.1, 0.15) is 19.8 Å². The van der Waals surface area contributed by atoms with Crippen molar-refractivity contribution in [3.8, 4) is 11.5 Å². The number of carbonyl (C=O) groups excluding carboxylic acids is 1. The van der Waals surface area contributed by atoms with E-state index in [0.717, 1.165) is 36.7 Å². The molecule has 2 saturated heterocycles. The molecule has 1 atom stereocenters. The van der Waals surface area contributed by atoms with Crippen molar-refractivity contribution < 1.29 is 19.0 Å². The van der Waals surface area contributed by atoms with Gasteiger partial charge >= 0.3 is 0 Å². The summed E-state index contributed by atoms with van der Waals surface area (Å²) >= 11 is 0. The van der Waals surface area contributed by atoms with E-state index >= 15 is 0 Å². The summed E-state index contributed by atoms with van der Waals surface area (Å²) in [6.45, 7) is 4.61. The number of benzene rings is 2. The lowest BCUT2D eigenvalue weighted by molar-refractivity contribution is -0.125. The standard InChI is InChI=1S/C23H26N2O4/c26-23-16-27-11-10-25(23)19-6-3-17(4-7-19)15-24-9-1-2-20(24)18-5-8-21-22(14-18)29-13-12-28-21/h3-8,14,20H,1-2,9-13,15-16H2/t20-/m0/s1. The molecule has 0 radical (unpaired) electrons. The van der Waals surface area contributed by atoms with Gasteiger partial charge in [-0.25, -0.2) is 0 Å². The van der Waals surface area contributed by atoms with E-state index in [1.165, 1.54) is 17.5 Å². The first kappa shape index (κ1) is 18.5. The molecule has 2 aromatic carbocycles. The third kappa shape index (κ3) is 3.82. The molecule has 3 heterocycles. The number of rotatable bonds is 4. The third-order valence-corrected chi connectivity index (χ3v) is 5.93. The van der Waals surface area contributed by atoms with Crippen molar-refractivity contribution in [2.24, 2.45) is 0 Å². The zero-order valence-electron chi connectivity index (χ0n) is 16.5. The lowest BCUT2D eigenvalue weighted by Crippen LogP contribution is -2.41. The van der Waals surface area contributed by atoms with Gasteiger partial charge in [-0.2, -0.15) is 0 Å². The summed E-state index contributed by atoms with van der Waals surface area (Å²) in [6.07, 6.45) is 2.35. The first-order chi connectivity index (χ1) is 14.3. The van der Waals surface area contributed by atoms with Gasteiger partial charge in [-0.1, -0.05) is 18.2 Å². The second-order valence-corrected chi connectivity index (χ2v) is 7.80. The molecular weight excluding hydrogens is 368 g/mol. The number of anilines is 1. The zero-order chi connectivity index (χ0) is 19.6. The molecule has 6 nitrogen and oxygen atoms in total. The highest BCUT2D eigenvalue weighted by Gasteiger charge is 2.27. The van der Waals surface area contributed by atoms with Gasteiger partial charge in [-0.15, -0.1) is 0 Å². The average Bonchev–Trinajstić information content (AvgIpc) is 3.22. The Kier molecular flexibility index (Phi) is 5.12. The number of hydrogen-bond donors (Lipinski definition) is 0. The van der Waals surface area contributed by atoms with Crippen molar-refractivity contribution in [2.75, 3.05) is 44.4 Å². The Labute approximate surface area is 171 Å². The Morgan fingerprint density at radius 3 is 2.59 bits per heavy atom. The fraction of sp³-hybridized carbons (Fsp3) is 0.435. The van der Waals surface area contributed by atoms with Crippen LogP contribution in [0.4, 0.5) is 5.69 Å². The summed E-state index contributed by atoms with van der Waals surface area (Å²) in [5.74, 6) is 1.74. The van der Waals surface area contributed by atoms with Gasteiger partial charge in [0.05, 0.1) is 6.61 Å². The van der Waals surface area contributed by atoms with Crippen LogP contribution >= 0.6 is 0 Å². The number of morpholine rings is 1. The molecule has 0 N–H and O–H groups in total. The summed E-state index contributed by atoms with van der Waals surface area (Å²) < 4.78 is 16.6. The summed E-state index contributed by atoms with van der Waals surface area (Å²) in [4.78, 5) is 16.4. The SMILES string of the molecule is O=C1COCCN1c1ccc(CN2CCC[C@H]2c2ccc3c(c2)OCCO3)cc1. The van der Waals surface area contributed by atoms with Crippen LogP contribution in [-0.2, 0) is 16.1 Å². The molecule has 0 unspecified atom stereocenters. The largest absolute Gasteiger partial charge is 0.486 e. The molecule has 0 aromatic heterocycles. The molecule has 0 saturated carbocycles. The summed E-state index contributed by atoms with van der Waals surface area (Å²) in [5.41, 5.74) is 3.51. The van der Waals surface area contributed by atoms with Crippen LogP contribution in [0.2, 0.25) is 0 Å².